The first kappa shape index (κ1) is 17.0. The number of anilines is 1. The lowest BCUT2D eigenvalue weighted by molar-refractivity contribution is 0.304. The summed E-state index contributed by atoms with van der Waals surface area (Å²) in [5.41, 5.74) is 2.42. The molecule has 2 aromatic rings. The van der Waals surface area contributed by atoms with Crippen LogP contribution in [0, 0.1) is 5.92 Å². The van der Waals surface area contributed by atoms with Gasteiger partial charge >= 0.3 is 0 Å². The molecule has 0 radical (unpaired) electrons. The number of benzene rings is 1. The Morgan fingerprint density at radius 2 is 1.91 bits per heavy atom. The molecule has 0 saturated heterocycles. The summed E-state index contributed by atoms with van der Waals surface area (Å²) in [4.78, 5) is 3.45. The molecular weight excluding hydrogens is 292 g/mol. The van der Waals surface area contributed by atoms with E-state index in [4.69, 9.17) is 5.11 Å². The molecule has 0 saturated carbocycles. The minimum Gasteiger partial charge on any atom is -0.395 e. The number of nitrogens with one attached hydrogen (secondary N) is 1. The zero-order chi connectivity index (χ0) is 15.9. The maximum Gasteiger partial charge on any atom is 0.0606 e. The third kappa shape index (κ3) is 4.57. The molecule has 4 heteroatoms. The number of thiophene rings is 1. The van der Waals surface area contributed by atoms with Gasteiger partial charge in [-0.2, -0.15) is 0 Å². The van der Waals surface area contributed by atoms with Crippen LogP contribution in [0.1, 0.15) is 30.3 Å². The summed E-state index contributed by atoms with van der Waals surface area (Å²) in [5, 5.41) is 14.8. The maximum absolute atomic E-state index is 8.99. The lowest BCUT2D eigenvalue weighted by atomic mass is 10.0. The van der Waals surface area contributed by atoms with E-state index in [1.807, 2.05) is 18.4 Å². The van der Waals surface area contributed by atoms with E-state index in [-0.39, 0.29) is 6.61 Å². The van der Waals surface area contributed by atoms with Crippen LogP contribution in [-0.4, -0.2) is 25.3 Å². The second-order valence-corrected chi connectivity index (χ2v) is 6.91. The molecule has 0 bridgehead atoms. The van der Waals surface area contributed by atoms with Gasteiger partial charge in [0.2, 0.25) is 0 Å². The van der Waals surface area contributed by atoms with E-state index in [0.717, 1.165) is 12.2 Å². The van der Waals surface area contributed by atoms with E-state index < -0.39 is 0 Å². The molecule has 0 spiro atoms. The van der Waals surface area contributed by atoms with Crippen molar-refractivity contribution in [3.63, 3.8) is 0 Å². The Morgan fingerprint density at radius 1 is 1.18 bits per heavy atom. The number of hydrogen-bond acceptors (Lipinski definition) is 4. The van der Waals surface area contributed by atoms with Crippen molar-refractivity contribution in [3.8, 4) is 0 Å². The van der Waals surface area contributed by atoms with Gasteiger partial charge in [0.15, 0.2) is 0 Å². The molecule has 3 nitrogen and oxygen atoms in total. The van der Waals surface area contributed by atoms with Crippen LogP contribution < -0.4 is 10.2 Å². The fraction of sp³-hybridized carbons (Fsp3) is 0.444. The van der Waals surface area contributed by atoms with Crippen molar-refractivity contribution in [3.05, 3.63) is 52.2 Å². The second-order valence-electron chi connectivity index (χ2n) is 5.93. The molecule has 0 fully saturated rings. The molecule has 1 aromatic heterocycles. The average molecular weight is 318 g/mol. The van der Waals surface area contributed by atoms with Crippen LogP contribution in [0.2, 0.25) is 0 Å². The van der Waals surface area contributed by atoms with E-state index in [0.29, 0.717) is 18.5 Å². The maximum atomic E-state index is 8.99. The van der Waals surface area contributed by atoms with Crippen molar-refractivity contribution >= 4 is 17.0 Å². The highest BCUT2D eigenvalue weighted by Crippen LogP contribution is 2.26. The van der Waals surface area contributed by atoms with Gasteiger partial charge in [0.25, 0.3) is 0 Å². The molecule has 1 atom stereocenters. The normalized spacial score (nSPS) is 12.6. The average Bonchev–Trinajstić information content (AvgIpc) is 3.02. The summed E-state index contributed by atoms with van der Waals surface area (Å²) in [7, 11) is 2.00. The topological polar surface area (TPSA) is 35.5 Å². The van der Waals surface area contributed by atoms with Crippen molar-refractivity contribution in [2.75, 3.05) is 25.1 Å². The lowest BCUT2D eigenvalue weighted by Gasteiger charge is -2.22. The van der Waals surface area contributed by atoms with Crippen molar-refractivity contribution < 1.29 is 5.11 Å². The molecular formula is C18H26N2OS. The van der Waals surface area contributed by atoms with Crippen LogP contribution >= 0.6 is 11.3 Å². The molecule has 0 aliphatic carbocycles. The Kier molecular flexibility index (Phi) is 6.43. The summed E-state index contributed by atoms with van der Waals surface area (Å²) in [5.74, 6) is 0.564. The van der Waals surface area contributed by atoms with Gasteiger partial charge in [0, 0.05) is 36.7 Å². The van der Waals surface area contributed by atoms with E-state index in [1.54, 1.807) is 0 Å². The molecule has 2 rings (SSSR count). The summed E-state index contributed by atoms with van der Waals surface area (Å²) in [6.07, 6.45) is 0. The highest BCUT2D eigenvalue weighted by atomic mass is 32.1. The van der Waals surface area contributed by atoms with E-state index >= 15 is 0 Å². The van der Waals surface area contributed by atoms with Gasteiger partial charge in [0.1, 0.15) is 0 Å². The predicted molar refractivity (Wildman–Crippen MR) is 95.5 cm³/mol. The third-order valence-corrected chi connectivity index (χ3v) is 4.81. The van der Waals surface area contributed by atoms with Gasteiger partial charge in [-0.3, -0.25) is 0 Å². The van der Waals surface area contributed by atoms with Crippen LogP contribution in [0.15, 0.2) is 41.8 Å². The number of aliphatic hydroxyl groups excluding tert-OH is 1. The Labute approximate surface area is 137 Å². The van der Waals surface area contributed by atoms with Gasteiger partial charge in [0.05, 0.1) is 6.61 Å². The SMILES string of the molecule is CC(C)[C@@H](NCc1ccc(N(C)CCO)cc1)c1cccs1. The van der Waals surface area contributed by atoms with Gasteiger partial charge in [-0.15, -0.1) is 11.3 Å². The van der Waals surface area contributed by atoms with Crippen LogP contribution in [0.5, 0.6) is 0 Å². The first-order valence-corrected chi connectivity index (χ1v) is 8.67. The van der Waals surface area contributed by atoms with Crippen LogP contribution in [0.3, 0.4) is 0 Å². The Bertz CT molecular complexity index is 537. The number of aliphatic hydroxyl groups is 1. The highest BCUT2D eigenvalue weighted by molar-refractivity contribution is 7.10. The van der Waals surface area contributed by atoms with Crippen molar-refractivity contribution in [1.82, 2.24) is 5.32 Å². The first-order chi connectivity index (χ1) is 10.6. The quantitative estimate of drug-likeness (QED) is 0.779. The molecule has 1 aromatic carbocycles. The highest BCUT2D eigenvalue weighted by Gasteiger charge is 2.15. The largest absolute Gasteiger partial charge is 0.395 e. The molecule has 22 heavy (non-hydrogen) atoms. The van der Waals surface area contributed by atoms with E-state index in [2.05, 4.69) is 65.8 Å². The van der Waals surface area contributed by atoms with Gasteiger partial charge in [-0.25, -0.2) is 0 Å². The van der Waals surface area contributed by atoms with Crippen LogP contribution in [0.25, 0.3) is 0 Å². The standard InChI is InChI=1S/C18H26N2OS/c1-14(2)18(17-5-4-12-22-17)19-13-15-6-8-16(9-7-15)20(3)10-11-21/h4-9,12,14,18-19,21H,10-11,13H2,1-3H3/t18-/m1/s1. The molecule has 0 aliphatic heterocycles. The minimum atomic E-state index is 0.177. The molecule has 2 N–H and O–H groups in total. The van der Waals surface area contributed by atoms with Gasteiger partial charge in [-0.1, -0.05) is 32.0 Å². The third-order valence-electron chi connectivity index (χ3n) is 3.85. The second kappa shape index (κ2) is 8.32. The van der Waals surface area contributed by atoms with Crippen LogP contribution in [0.4, 0.5) is 5.69 Å². The first-order valence-electron chi connectivity index (χ1n) is 7.79. The van der Waals surface area contributed by atoms with Crippen molar-refractivity contribution in [2.45, 2.75) is 26.4 Å². The van der Waals surface area contributed by atoms with E-state index in [1.165, 1.54) is 10.4 Å². The van der Waals surface area contributed by atoms with Crippen molar-refractivity contribution in [2.24, 2.45) is 5.92 Å². The molecule has 0 amide bonds. The summed E-state index contributed by atoms with van der Waals surface area (Å²) < 4.78 is 0. The fourth-order valence-electron chi connectivity index (χ4n) is 2.51. The lowest BCUT2D eigenvalue weighted by Crippen LogP contribution is -2.24. The number of hydrogen-bond donors (Lipinski definition) is 2. The zero-order valence-corrected chi connectivity index (χ0v) is 14.4. The van der Waals surface area contributed by atoms with E-state index in [9.17, 15) is 0 Å². The monoisotopic (exact) mass is 318 g/mol. The summed E-state index contributed by atoms with van der Waals surface area (Å²) in [6.45, 7) is 6.21. The smallest absolute Gasteiger partial charge is 0.0606 e. The summed E-state index contributed by atoms with van der Waals surface area (Å²) >= 11 is 1.81. The molecule has 0 aliphatic rings. The molecule has 120 valence electrons. The van der Waals surface area contributed by atoms with Crippen molar-refractivity contribution in [1.29, 1.82) is 0 Å². The zero-order valence-electron chi connectivity index (χ0n) is 13.6. The number of rotatable bonds is 8. The minimum absolute atomic E-state index is 0.177. The van der Waals surface area contributed by atoms with Crippen LogP contribution in [-0.2, 0) is 6.54 Å². The van der Waals surface area contributed by atoms with Gasteiger partial charge < -0.3 is 15.3 Å². The number of nitrogens with zero attached hydrogens (tertiary/aromatic N) is 1. The number of likely N-dealkylation sites (N-methyl/N-ethyl adjacent to an activating group) is 1. The Balaban J connectivity index is 1.96. The predicted octanol–water partition coefficient (Wildman–Crippen LogP) is 3.66. The summed E-state index contributed by atoms with van der Waals surface area (Å²) in [6, 6.07) is 13.3. The Hall–Kier alpha value is -1.36. The molecule has 0 unspecified atom stereocenters. The van der Waals surface area contributed by atoms with Gasteiger partial charge in [-0.05, 0) is 35.1 Å². The molecule has 1 heterocycles. The fourth-order valence-corrected chi connectivity index (χ4v) is 3.48. The Morgan fingerprint density at radius 3 is 2.45 bits per heavy atom.